The molecule has 0 bridgehead atoms. The molecule has 1 aromatic carbocycles. The topological polar surface area (TPSA) is 64.3 Å². The van der Waals surface area contributed by atoms with Gasteiger partial charge in [-0.3, -0.25) is 4.79 Å². The van der Waals surface area contributed by atoms with Gasteiger partial charge in [-0.25, -0.2) is 0 Å². The molecule has 4 nitrogen and oxygen atoms in total. The summed E-state index contributed by atoms with van der Waals surface area (Å²) in [6.45, 7) is 4.65. The third-order valence-corrected chi connectivity index (χ3v) is 3.61. The van der Waals surface area contributed by atoms with Gasteiger partial charge in [-0.05, 0) is 55.9 Å². The Labute approximate surface area is 114 Å². The van der Waals surface area contributed by atoms with Crippen molar-refractivity contribution in [3.63, 3.8) is 0 Å². The van der Waals surface area contributed by atoms with E-state index < -0.39 is 0 Å². The molecule has 1 amide bonds. The van der Waals surface area contributed by atoms with Gasteiger partial charge in [0.15, 0.2) is 6.61 Å². The van der Waals surface area contributed by atoms with E-state index in [1.165, 1.54) is 18.4 Å². The molecule has 1 aromatic rings. The highest BCUT2D eigenvalue weighted by Gasteiger charge is 2.28. The first-order valence-electron chi connectivity index (χ1n) is 6.78. The Kier molecular flexibility index (Phi) is 4.43. The molecule has 1 fully saturated rings. The van der Waals surface area contributed by atoms with Crippen LogP contribution in [0.4, 0.5) is 0 Å². The third-order valence-electron chi connectivity index (χ3n) is 3.61. The van der Waals surface area contributed by atoms with Gasteiger partial charge in [-0.2, -0.15) is 0 Å². The zero-order valence-corrected chi connectivity index (χ0v) is 11.6. The maximum atomic E-state index is 11.6. The van der Waals surface area contributed by atoms with Gasteiger partial charge in [-0.1, -0.05) is 6.07 Å². The number of amides is 1. The van der Waals surface area contributed by atoms with Gasteiger partial charge in [0.1, 0.15) is 5.75 Å². The van der Waals surface area contributed by atoms with E-state index in [2.05, 4.69) is 5.32 Å². The van der Waals surface area contributed by atoms with Gasteiger partial charge in [0.25, 0.3) is 5.91 Å². The monoisotopic (exact) mass is 262 g/mol. The standard InChI is InChI=1S/C15H22N2O2/c1-10-3-6-13(7-11(10)2)19-9-15(18)17-8-14(16)12-4-5-12/h3,6-7,12,14H,4-5,8-9,16H2,1-2H3,(H,17,18). The fraction of sp³-hybridized carbons (Fsp3) is 0.533. The van der Waals surface area contributed by atoms with Crippen LogP contribution >= 0.6 is 0 Å². The smallest absolute Gasteiger partial charge is 0.257 e. The lowest BCUT2D eigenvalue weighted by atomic mass is 10.1. The number of carbonyl (C=O) groups excluding carboxylic acids is 1. The first-order chi connectivity index (χ1) is 9.06. The van der Waals surface area contributed by atoms with Crippen LogP contribution in [-0.4, -0.2) is 25.1 Å². The van der Waals surface area contributed by atoms with Crippen LogP contribution in [0.2, 0.25) is 0 Å². The molecule has 2 rings (SSSR count). The number of hydrogen-bond acceptors (Lipinski definition) is 3. The molecule has 1 unspecified atom stereocenters. The number of hydrogen-bond donors (Lipinski definition) is 2. The molecule has 1 saturated carbocycles. The van der Waals surface area contributed by atoms with E-state index in [0.717, 1.165) is 11.3 Å². The Morgan fingerprint density at radius 1 is 1.42 bits per heavy atom. The third kappa shape index (κ3) is 4.24. The number of rotatable bonds is 6. The lowest BCUT2D eigenvalue weighted by Crippen LogP contribution is -2.40. The molecule has 0 aliphatic heterocycles. The van der Waals surface area contributed by atoms with Crippen LogP contribution in [0.5, 0.6) is 5.75 Å². The Morgan fingerprint density at radius 2 is 2.16 bits per heavy atom. The zero-order chi connectivity index (χ0) is 13.8. The number of nitrogens with one attached hydrogen (secondary N) is 1. The summed E-state index contributed by atoms with van der Waals surface area (Å²) in [6.07, 6.45) is 2.38. The van der Waals surface area contributed by atoms with Gasteiger partial charge < -0.3 is 15.8 Å². The summed E-state index contributed by atoms with van der Waals surface area (Å²) in [5, 5.41) is 2.81. The normalized spacial score (nSPS) is 15.9. The van der Waals surface area contributed by atoms with Crippen LogP contribution < -0.4 is 15.8 Å². The Bertz CT molecular complexity index is 455. The van der Waals surface area contributed by atoms with Crippen molar-refractivity contribution < 1.29 is 9.53 Å². The van der Waals surface area contributed by atoms with E-state index in [1.54, 1.807) is 0 Å². The fourth-order valence-electron chi connectivity index (χ4n) is 1.93. The summed E-state index contributed by atoms with van der Waals surface area (Å²) >= 11 is 0. The molecule has 1 aliphatic carbocycles. The Balaban J connectivity index is 1.71. The average molecular weight is 262 g/mol. The molecule has 104 valence electrons. The quantitative estimate of drug-likeness (QED) is 0.817. The molecular formula is C15H22N2O2. The van der Waals surface area contributed by atoms with E-state index in [1.807, 2.05) is 32.0 Å². The van der Waals surface area contributed by atoms with Crippen LogP contribution in [0.15, 0.2) is 18.2 Å². The minimum absolute atomic E-state index is 0.0416. The van der Waals surface area contributed by atoms with Crippen molar-refractivity contribution in [3.8, 4) is 5.75 Å². The second kappa shape index (κ2) is 6.06. The molecule has 3 N–H and O–H groups in total. The molecule has 4 heteroatoms. The largest absolute Gasteiger partial charge is 0.484 e. The minimum Gasteiger partial charge on any atom is -0.484 e. The van der Waals surface area contributed by atoms with Crippen molar-refractivity contribution in [2.45, 2.75) is 32.7 Å². The summed E-state index contributed by atoms with van der Waals surface area (Å²) in [5.74, 6) is 1.21. The molecule has 1 aliphatic rings. The summed E-state index contributed by atoms with van der Waals surface area (Å²) in [4.78, 5) is 11.6. The van der Waals surface area contributed by atoms with Gasteiger partial charge >= 0.3 is 0 Å². The molecule has 0 spiro atoms. The van der Waals surface area contributed by atoms with Crippen molar-refractivity contribution in [3.05, 3.63) is 29.3 Å². The van der Waals surface area contributed by atoms with Crippen LogP contribution in [-0.2, 0) is 4.79 Å². The van der Waals surface area contributed by atoms with E-state index in [9.17, 15) is 4.79 Å². The summed E-state index contributed by atoms with van der Waals surface area (Å²) < 4.78 is 5.46. The summed E-state index contributed by atoms with van der Waals surface area (Å²) in [6, 6.07) is 5.90. The second-order valence-corrected chi connectivity index (χ2v) is 5.34. The van der Waals surface area contributed by atoms with Crippen molar-refractivity contribution >= 4 is 5.91 Å². The molecule has 1 atom stereocenters. The van der Waals surface area contributed by atoms with E-state index >= 15 is 0 Å². The molecule has 0 aromatic heterocycles. The van der Waals surface area contributed by atoms with Gasteiger partial charge in [0.05, 0.1) is 0 Å². The Morgan fingerprint density at radius 3 is 2.79 bits per heavy atom. The van der Waals surface area contributed by atoms with Crippen molar-refractivity contribution in [2.24, 2.45) is 11.7 Å². The Hall–Kier alpha value is -1.55. The maximum Gasteiger partial charge on any atom is 0.257 e. The van der Waals surface area contributed by atoms with Crippen LogP contribution in [0.1, 0.15) is 24.0 Å². The molecule has 0 radical (unpaired) electrons. The fourth-order valence-corrected chi connectivity index (χ4v) is 1.93. The highest BCUT2D eigenvalue weighted by atomic mass is 16.5. The first kappa shape index (κ1) is 13.9. The lowest BCUT2D eigenvalue weighted by Gasteiger charge is -2.12. The predicted molar refractivity (Wildman–Crippen MR) is 75.1 cm³/mol. The van der Waals surface area contributed by atoms with Crippen LogP contribution in [0, 0.1) is 19.8 Å². The average Bonchev–Trinajstić information content (AvgIpc) is 3.21. The van der Waals surface area contributed by atoms with E-state index in [-0.39, 0.29) is 18.6 Å². The SMILES string of the molecule is Cc1ccc(OCC(=O)NCC(N)C2CC2)cc1C. The van der Waals surface area contributed by atoms with Gasteiger partial charge in [-0.15, -0.1) is 0 Å². The highest BCUT2D eigenvalue weighted by molar-refractivity contribution is 5.77. The van der Waals surface area contributed by atoms with Gasteiger partial charge in [0.2, 0.25) is 0 Å². The number of aryl methyl sites for hydroxylation is 2. The first-order valence-corrected chi connectivity index (χ1v) is 6.78. The van der Waals surface area contributed by atoms with Crippen LogP contribution in [0.25, 0.3) is 0 Å². The van der Waals surface area contributed by atoms with Crippen molar-refractivity contribution in [1.82, 2.24) is 5.32 Å². The summed E-state index contributed by atoms with van der Waals surface area (Å²) in [5.41, 5.74) is 8.29. The molecular weight excluding hydrogens is 240 g/mol. The van der Waals surface area contributed by atoms with Crippen molar-refractivity contribution in [2.75, 3.05) is 13.2 Å². The number of carbonyl (C=O) groups is 1. The molecule has 0 heterocycles. The van der Waals surface area contributed by atoms with E-state index in [0.29, 0.717) is 12.5 Å². The number of ether oxygens (including phenoxy) is 1. The van der Waals surface area contributed by atoms with Crippen LogP contribution in [0.3, 0.4) is 0 Å². The van der Waals surface area contributed by atoms with Crippen molar-refractivity contribution in [1.29, 1.82) is 0 Å². The molecule has 0 saturated heterocycles. The second-order valence-electron chi connectivity index (χ2n) is 5.34. The predicted octanol–water partition coefficient (Wildman–Crippen LogP) is 1.54. The molecule has 19 heavy (non-hydrogen) atoms. The number of nitrogens with two attached hydrogens (primary N) is 1. The number of benzene rings is 1. The lowest BCUT2D eigenvalue weighted by molar-refractivity contribution is -0.123. The van der Waals surface area contributed by atoms with Gasteiger partial charge in [0, 0.05) is 12.6 Å². The minimum atomic E-state index is -0.116. The zero-order valence-electron chi connectivity index (χ0n) is 11.6. The highest BCUT2D eigenvalue weighted by Crippen LogP contribution is 2.31. The maximum absolute atomic E-state index is 11.6. The summed E-state index contributed by atoms with van der Waals surface area (Å²) in [7, 11) is 0. The van der Waals surface area contributed by atoms with E-state index in [4.69, 9.17) is 10.5 Å².